The fourth-order valence-electron chi connectivity index (χ4n) is 3.77. The fourth-order valence-corrected chi connectivity index (χ4v) is 3.77. The number of ether oxygens (including phenoxy) is 1. The Labute approximate surface area is 186 Å². The van der Waals surface area contributed by atoms with Gasteiger partial charge < -0.3 is 19.4 Å². The number of para-hydroxylation sites is 1. The van der Waals surface area contributed by atoms with Crippen molar-refractivity contribution >= 4 is 17.3 Å². The topological polar surface area (TPSA) is 72.5 Å². The molecule has 162 valence electrons. The SMILES string of the molecule is Cc1ccc(-c2nn(-c3ccccc3)cc2C(=O)Nc2ccc(N3CCOCC3)cc2)o1. The summed E-state index contributed by atoms with van der Waals surface area (Å²) in [6.45, 7) is 5.08. The monoisotopic (exact) mass is 428 g/mol. The van der Waals surface area contributed by atoms with Crippen molar-refractivity contribution in [2.75, 3.05) is 36.5 Å². The highest BCUT2D eigenvalue weighted by Gasteiger charge is 2.21. The van der Waals surface area contributed by atoms with Crippen LogP contribution in [0.5, 0.6) is 0 Å². The van der Waals surface area contributed by atoms with Crippen LogP contribution in [0.25, 0.3) is 17.1 Å². The van der Waals surface area contributed by atoms with E-state index < -0.39 is 0 Å². The lowest BCUT2D eigenvalue weighted by Gasteiger charge is -2.28. The third-order valence-electron chi connectivity index (χ3n) is 5.45. The molecule has 0 atom stereocenters. The molecule has 0 unspecified atom stereocenters. The quantitative estimate of drug-likeness (QED) is 0.506. The van der Waals surface area contributed by atoms with Crippen LogP contribution >= 0.6 is 0 Å². The van der Waals surface area contributed by atoms with Crippen LogP contribution in [0, 0.1) is 6.92 Å². The lowest BCUT2D eigenvalue weighted by atomic mass is 10.2. The van der Waals surface area contributed by atoms with Crippen molar-refractivity contribution in [3.8, 4) is 17.1 Å². The maximum atomic E-state index is 13.2. The molecule has 1 aliphatic rings. The Hall–Kier alpha value is -3.84. The summed E-state index contributed by atoms with van der Waals surface area (Å²) in [5, 5.41) is 7.64. The summed E-state index contributed by atoms with van der Waals surface area (Å²) < 4.78 is 12.9. The number of morpholine rings is 1. The van der Waals surface area contributed by atoms with E-state index in [9.17, 15) is 4.79 Å². The number of nitrogens with one attached hydrogen (secondary N) is 1. The first-order chi connectivity index (χ1) is 15.7. The van der Waals surface area contributed by atoms with Crippen LogP contribution < -0.4 is 10.2 Å². The molecule has 7 heteroatoms. The van der Waals surface area contributed by atoms with Crippen LogP contribution in [0.1, 0.15) is 16.1 Å². The minimum absolute atomic E-state index is 0.240. The molecule has 1 fully saturated rings. The van der Waals surface area contributed by atoms with Gasteiger partial charge in [-0.05, 0) is 55.5 Å². The number of aromatic nitrogens is 2. The number of hydrogen-bond donors (Lipinski definition) is 1. The Kier molecular flexibility index (Phi) is 5.47. The molecule has 4 aromatic rings. The Morgan fingerprint density at radius 1 is 0.938 bits per heavy atom. The molecule has 32 heavy (non-hydrogen) atoms. The Balaban J connectivity index is 1.41. The second-order valence-corrected chi connectivity index (χ2v) is 7.68. The van der Waals surface area contributed by atoms with Crippen molar-refractivity contribution < 1.29 is 13.9 Å². The second-order valence-electron chi connectivity index (χ2n) is 7.68. The number of anilines is 2. The molecule has 0 radical (unpaired) electrons. The first kappa shape index (κ1) is 20.1. The van der Waals surface area contributed by atoms with Gasteiger partial charge in [-0.15, -0.1) is 0 Å². The van der Waals surface area contributed by atoms with E-state index in [1.54, 1.807) is 10.9 Å². The fraction of sp³-hybridized carbons (Fsp3) is 0.200. The van der Waals surface area contributed by atoms with Crippen LogP contribution in [0.15, 0.2) is 77.3 Å². The number of aryl methyl sites for hydroxylation is 1. The van der Waals surface area contributed by atoms with E-state index in [4.69, 9.17) is 9.15 Å². The molecule has 0 spiro atoms. The van der Waals surface area contributed by atoms with Crippen molar-refractivity contribution in [2.24, 2.45) is 0 Å². The third kappa shape index (κ3) is 4.15. The van der Waals surface area contributed by atoms with E-state index in [0.29, 0.717) is 17.0 Å². The largest absolute Gasteiger partial charge is 0.460 e. The summed E-state index contributed by atoms with van der Waals surface area (Å²) in [6, 6.07) is 21.3. The zero-order valence-electron chi connectivity index (χ0n) is 17.8. The molecule has 2 aromatic heterocycles. The molecule has 1 N–H and O–H groups in total. The van der Waals surface area contributed by atoms with Gasteiger partial charge in [-0.2, -0.15) is 5.10 Å². The summed E-state index contributed by atoms with van der Waals surface area (Å²) in [7, 11) is 0. The number of nitrogens with zero attached hydrogens (tertiary/aromatic N) is 3. The van der Waals surface area contributed by atoms with Gasteiger partial charge in [0.15, 0.2) is 5.76 Å². The van der Waals surface area contributed by atoms with Crippen molar-refractivity contribution in [3.63, 3.8) is 0 Å². The van der Waals surface area contributed by atoms with Crippen molar-refractivity contribution in [3.05, 3.63) is 84.3 Å². The first-order valence-electron chi connectivity index (χ1n) is 10.6. The number of amides is 1. The number of rotatable bonds is 5. The molecule has 0 aliphatic carbocycles. The highest BCUT2D eigenvalue weighted by Crippen LogP contribution is 2.27. The molecule has 1 aliphatic heterocycles. The maximum Gasteiger partial charge on any atom is 0.259 e. The molecule has 3 heterocycles. The van der Waals surface area contributed by atoms with Crippen molar-refractivity contribution in [2.45, 2.75) is 6.92 Å². The van der Waals surface area contributed by atoms with E-state index in [1.165, 1.54) is 0 Å². The first-order valence-corrected chi connectivity index (χ1v) is 10.6. The lowest BCUT2D eigenvalue weighted by Crippen LogP contribution is -2.36. The number of benzene rings is 2. The zero-order valence-corrected chi connectivity index (χ0v) is 17.8. The lowest BCUT2D eigenvalue weighted by molar-refractivity contribution is 0.102. The molecule has 5 rings (SSSR count). The minimum Gasteiger partial charge on any atom is -0.460 e. The molecule has 0 saturated carbocycles. The average Bonchev–Trinajstić information content (AvgIpc) is 3.47. The molecule has 2 aromatic carbocycles. The van der Waals surface area contributed by atoms with Gasteiger partial charge in [0.25, 0.3) is 5.91 Å². The van der Waals surface area contributed by atoms with Gasteiger partial charge in [-0.25, -0.2) is 4.68 Å². The Bertz CT molecular complexity index is 1210. The minimum atomic E-state index is -0.240. The van der Waals surface area contributed by atoms with Gasteiger partial charge in [0, 0.05) is 30.7 Å². The normalized spacial score (nSPS) is 13.8. The summed E-state index contributed by atoms with van der Waals surface area (Å²) in [6.07, 6.45) is 1.74. The van der Waals surface area contributed by atoms with Gasteiger partial charge in [0.2, 0.25) is 0 Å². The number of hydrogen-bond acceptors (Lipinski definition) is 5. The van der Waals surface area contributed by atoms with Crippen LogP contribution in [0.4, 0.5) is 11.4 Å². The number of carbonyl (C=O) groups is 1. The summed E-state index contributed by atoms with van der Waals surface area (Å²) >= 11 is 0. The van der Waals surface area contributed by atoms with Gasteiger partial charge in [-0.1, -0.05) is 18.2 Å². The Morgan fingerprint density at radius 2 is 1.69 bits per heavy atom. The number of carbonyl (C=O) groups excluding carboxylic acids is 1. The van der Waals surface area contributed by atoms with E-state index in [-0.39, 0.29) is 5.91 Å². The van der Waals surface area contributed by atoms with Crippen LogP contribution in [-0.4, -0.2) is 42.0 Å². The van der Waals surface area contributed by atoms with Crippen molar-refractivity contribution in [1.82, 2.24) is 9.78 Å². The molecular formula is C25H24N4O3. The number of furan rings is 1. The smallest absolute Gasteiger partial charge is 0.259 e. The maximum absolute atomic E-state index is 13.2. The Morgan fingerprint density at radius 3 is 2.38 bits per heavy atom. The highest BCUT2D eigenvalue weighted by molar-refractivity contribution is 6.07. The zero-order chi connectivity index (χ0) is 21.9. The predicted octanol–water partition coefficient (Wildman–Crippen LogP) is 4.53. The van der Waals surface area contributed by atoms with Crippen LogP contribution in [0.2, 0.25) is 0 Å². The van der Waals surface area contributed by atoms with Gasteiger partial charge in [0.1, 0.15) is 11.5 Å². The van der Waals surface area contributed by atoms with Gasteiger partial charge in [0.05, 0.1) is 24.5 Å². The average molecular weight is 428 g/mol. The molecule has 1 saturated heterocycles. The van der Waals surface area contributed by atoms with E-state index in [1.807, 2.05) is 73.7 Å². The molecule has 1 amide bonds. The molecular weight excluding hydrogens is 404 g/mol. The summed E-state index contributed by atoms with van der Waals surface area (Å²) in [5.41, 5.74) is 3.66. The third-order valence-corrected chi connectivity index (χ3v) is 5.45. The van der Waals surface area contributed by atoms with Gasteiger partial charge in [-0.3, -0.25) is 4.79 Å². The second kappa shape index (κ2) is 8.72. The molecule has 0 bridgehead atoms. The van der Waals surface area contributed by atoms with Crippen LogP contribution in [-0.2, 0) is 4.74 Å². The predicted molar refractivity (Wildman–Crippen MR) is 123 cm³/mol. The summed E-state index contributed by atoms with van der Waals surface area (Å²) in [4.78, 5) is 15.5. The standard InChI is InChI=1S/C25H24N4O3/c1-18-7-12-23(32-18)24-22(17-29(27-24)21-5-3-2-4-6-21)25(30)26-19-8-10-20(11-9-19)28-13-15-31-16-14-28/h2-12,17H,13-16H2,1H3,(H,26,30). The highest BCUT2D eigenvalue weighted by atomic mass is 16.5. The van der Waals surface area contributed by atoms with Gasteiger partial charge >= 0.3 is 0 Å². The van der Waals surface area contributed by atoms with Crippen molar-refractivity contribution in [1.29, 1.82) is 0 Å². The van der Waals surface area contributed by atoms with E-state index >= 15 is 0 Å². The summed E-state index contributed by atoms with van der Waals surface area (Å²) in [5.74, 6) is 1.08. The van der Waals surface area contributed by atoms with Crippen LogP contribution in [0.3, 0.4) is 0 Å². The van der Waals surface area contributed by atoms with E-state index in [0.717, 1.165) is 49.1 Å². The molecule has 7 nitrogen and oxygen atoms in total. The van der Waals surface area contributed by atoms with E-state index in [2.05, 4.69) is 15.3 Å².